The van der Waals surface area contributed by atoms with Crippen LogP contribution in [0, 0.1) is 11.7 Å². The number of hydrogen-bond acceptors (Lipinski definition) is 1. The Morgan fingerprint density at radius 1 is 1.22 bits per heavy atom. The average molecular weight is 249 g/mol. The highest BCUT2D eigenvalue weighted by Crippen LogP contribution is 2.29. The summed E-state index contributed by atoms with van der Waals surface area (Å²) >= 11 is 0. The van der Waals surface area contributed by atoms with Gasteiger partial charge in [0.05, 0.1) is 0 Å². The lowest BCUT2D eigenvalue weighted by Crippen LogP contribution is -2.35. The van der Waals surface area contributed by atoms with Gasteiger partial charge in [0.25, 0.3) is 0 Å². The minimum Gasteiger partial charge on any atom is -0.307 e. The first-order valence-electron chi connectivity index (χ1n) is 7.22. The Balaban J connectivity index is 1.97. The Morgan fingerprint density at radius 3 is 2.39 bits per heavy atom. The molecule has 0 radical (unpaired) electrons. The third kappa shape index (κ3) is 3.32. The predicted molar refractivity (Wildman–Crippen MR) is 74.0 cm³/mol. The Hall–Kier alpha value is -0.890. The number of hydrogen-bond donors (Lipinski definition) is 1. The van der Waals surface area contributed by atoms with Crippen LogP contribution in [0.15, 0.2) is 24.3 Å². The van der Waals surface area contributed by atoms with E-state index in [1.165, 1.54) is 31.2 Å². The van der Waals surface area contributed by atoms with Gasteiger partial charge >= 0.3 is 0 Å². The Morgan fingerprint density at radius 2 is 1.83 bits per heavy atom. The standard InChI is InChI=1S/C16H24FN/c1-3-16(14-8-10-15(17)11-9-14)18-12(2)13-6-4-5-7-13/h8-13,16,18H,3-7H2,1-2H3. The van der Waals surface area contributed by atoms with Crippen molar-refractivity contribution < 1.29 is 4.39 Å². The van der Waals surface area contributed by atoms with Gasteiger partial charge in [-0.25, -0.2) is 4.39 Å². The topological polar surface area (TPSA) is 12.0 Å². The van der Waals surface area contributed by atoms with Gasteiger partial charge in [0, 0.05) is 12.1 Å². The molecule has 2 atom stereocenters. The van der Waals surface area contributed by atoms with Gasteiger partial charge in [-0.1, -0.05) is 31.9 Å². The lowest BCUT2D eigenvalue weighted by atomic mass is 9.96. The van der Waals surface area contributed by atoms with Crippen LogP contribution in [0.25, 0.3) is 0 Å². The van der Waals surface area contributed by atoms with Crippen LogP contribution in [0.5, 0.6) is 0 Å². The van der Waals surface area contributed by atoms with Crippen molar-refractivity contribution in [2.45, 2.75) is 58.0 Å². The van der Waals surface area contributed by atoms with E-state index in [-0.39, 0.29) is 5.82 Å². The summed E-state index contributed by atoms with van der Waals surface area (Å²) in [4.78, 5) is 0. The summed E-state index contributed by atoms with van der Waals surface area (Å²) in [6.45, 7) is 4.48. The molecule has 1 N–H and O–H groups in total. The molecular formula is C16H24FN. The molecule has 1 aromatic rings. The quantitative estimate of drug-likeness (QED) is 0.813. The van der Waals surface area contributed by atoms with E-state index in [1.54, 1.807) is 12.1 Å². The number of halogens is 1. The first-order valence-corrected chi connectivity index (χ1v) is 7.22. The molecule has 1 fully saturated rings. The predicted octanol–water partition coefficient (Wildman–Crippen LogP) is 4.45. The van der Waals surface area contributed by atoms with Crippen LogP contribution in [0.4, 0.5) is 4.39 Å². The zero-order valence-electron chi connectivity index (χ0n) is 11.5. The molecule has 2 unspecified atom stereocenters. The summed E-state index contributed by atoms with van der Waals surface area (Å²) in [7, 11) is 0. The monoisotopic (exact) mass is 249 g/mol. The van der Waals surface area contributed by atoms with Gasteiger partial charge < -0.3 is 5.32 Å². The summed E-state index contributed by atoms with van der Waals surface area (Å²) in [5.74, 6) is 0.664. The highest BCUT2D eigenvalue weighted by molar-refractivity contribution is 5.20. The van der Waals surface area contributed by atoms with E-state index in [0.29, 0.717) is 12.1 Å². The fraction of sp³-hybridized carbons (Fsp3) is 0.625. The summed E-state index contributed by atoms with van der Waals surface area (Å²) in [6, 6.07) is 7.82. The van der Waals surface area contributed by atoms with Crippen molar-refractivity contribution in [3.05, 3.63) is 35.6 Å². The van der Waals surface area contributed by atoms with Crippen LogP contribution in [-0.4, -0.2) is 6.04 Å². The minimum atomic E-state index is -0.155. The fourth-order valence-electron chi connectivity index (χ4n) is 3.06. The highest BCUT2D eigenvalue weighted by atomic mass is 19.1. The molecule has 1 nitrogen and oxygen atoms in total. The Kier molecular flexibility index (Phi) is 4.76. The largest absolute Gasteiger partial charge is 0.307 e. The Bertz CT molecular complexity index is 354. The normalized spacial score (nSPS) is 19.9. The van der Waals surface area contributed by atoms with E-state index in [2.05, 4.69) is 19.2 Å². The molecule has 2 rings (SSSR count). The van der Waals surface area contributed by atoms with Crippen molar-refractivity contribution in [3.63, 3.8) is 0 Å². The van der Waals surface area contributed by atoms with Gasteiger partial charge in [-0.2, -0.15) is 0 Å². The molecular weight excluding hydrogens is 225 g/mol. The number of nitrogens with one attached hydrogen (secondary N) is 1. The molecule has 100 valence electrons. The van der Waals surface area contributed by atoms with E-state index < -0.39 is 0 Å². The highest BCUT2D eigenvalue weighted by Gasteiger charge is 2.23. The fourth-order valence-corrected chi connectivity index (χ4v) is 3.06. The van der Waals surface area contributed by atoms with Crippen LogP contribution in [0.1, 0.15) is 57.6 Å². The second-order valence-electron chi connectivity index (χ2n) is 5.51. The van der Waals surface area contributed by atoms with Gasteiger partial charge in [-0.15, -0.1) is 0 Å². The smallest absolute Gasteiger partial charge is 0.123 e. The Labute approximate surface area is 110 Å². The summed E-state index contributed by atoms with van der Waals surface area (Å²) in [6.07, 6.45) is 6.51. The number of benzene rings is 1. The van der Waals surface area contributed by atoms with E-state index in [0.717, 1.165) is 12.3 Å². The first-order chi connectivity index (χ1) is 8.70. The minimum absolute atomic E-state index is 0.155. The van der Waals surface area contributed by atoms with Gasteiger partial charge in [0.15, 0.2) is 0 Å². The van der Waals surface area contributed by atoms with Crippen LogP contribution >= 0.6 is 0 Å². The molecule has 1 saturated carbocycles. The van der Waals surface area contributed by atoms with Crippen LogP contribution in [0.3, 0.4) is 0 Å². The van der Waals surface area contributed by atoms with Crippen molar-refractivity contribution in [1.82, 2.24) is 5.32 Å². The maximum Gasteiger partial charge on any atom is 0.123 e. The van der Waals surface area contributed by atoms with Crippen molar-refractivity contribution in [2.75, 3.05) is 0 Å². The molecule has 0 aromatic heterocycles. The van der Waals surface area contributed by atoms with Crippen molar-refractivity contribution in [3.8, 4) is 0 Å². The summed E-state index contributed by atoms with van der Waals surface area (Å²) < 4.78 is 12.9. The van der Waals surface area contributed by atoms with Gasteiger partial charge in [0.2, 0.25) is 0 Å². The summed E-state index contributed by atoms with van der Waals surface area (Å²) in [5.41, 5.74) is 1.20. The second kappa shape index (κ2) is 6.33. The maximum atomic E-state index is 12.9. The van der Waals surface area contributed by atoms with E-state index in [1.807, 2.05) is 12.1 Å². The molecule has 2 heteroatoms. The zero-order valence-corrected chi connectivity index (χ0v) is 11.5. The number of rotatable bonds is 5. The van der Waals surface area contributed by atoms with Gasteiger partial charge in [0.1, 0.15) is 5.82 Å². The third-order valence-electron chi connectivity index (χ3n) is 4.25. The van der Waals surface area contributed by atoms with E-state index in [9.17, 15) is 4.39 Å². The zero-order chi connectivity index (χ0) is 13.0. The van der Waals surface area contributed by atoms with Crippen molar-refractivity contribution >= 4 is 0 Å². The van der Waals surface area contributed by atoms with Crippen molar-refractivity contribution in [1.29, 1.82) is 0 Å². The van der Waals surface area contributed by atoms with Gasteiger partial charge in [-0.05, 0) is 49.8 Å². The van der Waals surface area contributed by atoms with Crippen molar-refractivity contribution in [2.24, 2.45) is 5.92 Å². The molecule has 0 heterocycles. The second-order valence-corrected chi connectivity index (χ2v) is 5.51. The molecule has 0 saturated heterocycles. The van der Waals surface area contributed by atoms with Crippen LogP contribution < -0.4 is 5.32 Å². The molecule has 0 amide bonds. The SMILES string of the molecule is CCC(NC(C)C1CCCC1)c1ccc(F)cc1. The average Bonchev–Trinajstić information content (AvgIpc) is 2.91. The third-order valence-corrected chi connectivity index (χ3v) is 4.25. The van der Waals surface area contributed by atoms with Gasteiger partial charge in [-0.3, -0.25) is 0 Å². The van der Waals surface area contributed by atoms with Crippen LogP contribution in [0.2, 0.25) is 0 Å². The lowest BCUT2D eigenvalue weighted by Gasteiger charge is -2.27. The first kappa shape index (κ1) is 13.5. The van der Waals surface area contributed by atoms with E-state index >= 15 is 0 Å². The molecule has 0 spiro atoms. The van der Waals surface area contributed by atoms with E-state index in [4.69, 9.17) is 0 Å². The van der Waals surface area contributed by atoms with Crippen LogP contribution in [-0.2, 0) is 0 Å². The maximum absolute atomic E-state index is 12.9. The molecule has 1 aliphatic rings. The molecule has 1 aromatic carbocycles. The summed E-state index contributed by atoms with van der Waals surface area (Å²) in [5, 5.41) is 3.72. The molecule has 0 bridgehead atoms. The molecule has 1 aliphatic carbocycles. The molecule has 0 aliphatic heterocycles. The molecule has 18 heavy (non-hydrogen) atoms. The lowest BCUT2D eigenvalue weighted by molar-refractivity contribution is 0.339.